The first-order valence-corrected chi connectivity index (χ1v) is 5.47. The van der Waals surface area contributed by atoms with Gasteiger partial charge in [0.25, 0.3) is 0 Å². The molecule has 15 heavy (non-hydrogen) atoms. The third-order valence-electron chi connectivity index (χ3n) is 2.79. The zero-order chi connectivity index (χ0) is 11.4. The molecule has 0 aliphatic carbocycles. The molecule has 1 aliphatic rings. The van der Waals surface area contributed by atoms with E-state index in [-0.39, 0.29) is 0 Å². The summed E-state index contributed by atoms with van der Waals surface area (Å²) in [6.07, 6.45) is 8.45. The fourth-order valence-corrected chi connectivity index (χ4v) is 2.08. The lowest BCUT2D eigenvalue weighted by Gasteiger charge is -2.05. The molecule has 0 spiro atoms. The molecule has 0 unspecified atom stereocenters. The highest BCUT2D eigenvalue weighted by Gasteiger charge is 2.21. The minimum atomic E-state index is 1.05. The van der Waals surface area contributed by atoms with Crippen molar-refractivity contribution in [2.45, 2.75) is 27.7 Å². The Balaban J connectivity index is 3.30. The second kappa shape index (κ2) is 5.02. The summed E-state index contributed by atoms with van der Waals surface area (Å²) < 4.78 is 0. The van der Waals surface area contributed by atoms with Crippen molar-refractivity contribution in [3.63, 3.8) is 0 Å². The topological polar surface area (TPSA) is 0 Å². The molecule has 1 rings (SSSR count). The van der Waals surface area contributed by atoms with Crippen LogP contribution in [0, 0.1) is 0 Å². The summed E-state index contributed by atoms with van der Waals surface area (Å²) in [6.45, 7) is 12.4. The van der Waals surface area contributed by atoms with E-state index in [2.05, 4.69) is 52.5 Å². The molecule has 78 valence electrons. The van der Waals surface area contributed by atoms with Crippen molar-refractivity contribution in [1.29, 1.82) is 0 Å². The summed E-state index contributed by atoms with van der Waals surface area (Å²) >= 11 is 0. The van der Waals surface area contributed by atoms with Crippen LogP contribution < -0.4 is 0 Å². The standard InChI is InChI=1S/C14H19B/c1-6-9-13-11(7-2)12(8-3)14(15-13)10(4)5/h6-9,15H,2H2,1,3-5H3/b9-6-,12-8-. The summed E-state index contributed by atoms with van der Waals surface area (Å²) in [7, 11) is 1.05. The maximum absolute atomic E-state index is 3.91. The van der Waals surface area contributed by atoms with Crippen LogP contribution in [0.1, 0.15) is 27.7 Å². The minimum absolute atomic E-state index is 1.05. The van der Waals surface area contributed by atoms with Gasteiger partial charge >= 0.3 is 0 Å². The number of allylic oxidation sites excluding steroid dienone is 9. The van der Waals surface area contributed by atoms with E-state index in [1.54, 1.807) is 0 Å². The molecule has 0 aromatic rings. The van der Waals surface area contributed by atoms with Gasteiger partial charge in [-0.05, 0) is 38.8 Å². The second-order valence-corrected chi connectivity index (χ2v) is 4.00. The average molecular weight is 198 g/mol. The zero-order valence-corrected chi connectivity index (χ0v) is 10.2. The summed E-state index contributed by atoms with van der Waals surface area (Å²) in [5.41, 5.74) is 6.91. The van der Waals surface area contributed by atoms with Crippen molar-refractivity contribution in [1.82, 2.24) is 0 Å². The van der Waals surface area contributed by atoms with E-state index in [4.69, 9.17) is 0 Å². The first-order valence-electron chi connectivity index (χ1n) is 5.47. The van der Waals surface area contributed by atoms with Gasteiger partial charge in [0.05, 0.1) is 0 Å². The third-order valence-corrected chi connectivity index (χ3v) is 2.79. The Hall–Kier alpha value is -1.24. The monoisotopic (exact) mass is 198 g/mol. The normalized spacial score (nSPS) is 18.9. The van der Waals surface area contributed by atoms with Crippen LogP contribution >= 0.6 is 0 Å². The third kappa shape index (κ3) is 2.23. The molecular weight excluding hydrogens is 179 g/mol. The van der Waals surface area contributed by atoms with Gasteiger partial charge in [-0.3, -0.25) is 0 Å². The fraction of sp³-hybridized carbons (Fsp3) is 0.286. The van der Waals surface area contributed by atoms with Gasteiger partial charge in [0.2, 0.25) is 0 Å². The lowest BCUT2D eigenvalue weighted by atomic mass is 9.64. The van der Waals surface area contributed by atoms with Crippen LogP contribution in [-0.2, 0) is 0 Å². The van der Waals surface area contributed by atoms with Crippen LogP contribution in [-0.4, -0.2) is 7.28 Å². The lowest BCUT2D eigenvalue weighted by molar-refractivity contribution is 1.34. The molecule has 0 saturated heterocycles. The largest absolute Gasteiger partial charge is 0.193 e. The first kappa shape index (κ1) is 11.8. The molecule has 0 nitrogen and oxygen atoms in total. The Morgan fingerprint density at radius 1 is 1.27 bits per heavy atom. The van der Waals surface area contributed by atoms with E-state index in [9.17, 15) is 0 Å². The smallest absolute Gasteiger partial charge is 0.0985 e. The minimum Gasteiger partial charge on any atom is -0.0985 e. The highest BCUT2D eigenvalue weighted by atomic mass is 14.1. The second-order valence-electron chi connectivity index (χ2n) is 4.00. The van der Waals surface area contributed by atoms with Crippen molar-refractivity contribution in [3.05, 3.63) is 58.5 Å². The molecule has 0 aromatic carbocycles. The predicted molar refractivity (Wildman–Crippen MR) is 71.3 cm³/mol. The molecule has 0 bridgehead atoms. The van der Waals surface area contributed by atoms with E-state index in [1.807, 2.05) is 6.08 Å². The van der Waals surface area contributed by atoms with Crippen LogP contribution in [0.5, 0.6) is 0 Å². The molecule has 1 aliphatic heterocycles. The van der Waals surface area contributed by atoms with Gasteiger partial charge in [0, 0.05) is 0 Å². The molecular formula is C14H19B. The Morgan fingerprint density at radius 2 is 1.93 bits per heavy atom. The van der Waals surface area contributed by atoms with E-state index in [1.165, 1.54) is 27.7 Å². The van der Waals surface area contributed by atoms with Crippen LogP contribution in [0.3, 0.4) is 0 Å². The Bertz CT molecular complexity index is 386. The molecule has 0 amide bonds. The highest BCUT2D eigenvalue weighted by molar-refractivity contribution is 6.59. The number of rotatable bonds is 2. The van der Waals surface area contributed by atoms with Crippen molar-refractivity contribution < 1.29 is 0 Å². The Labute approximate surface area is 94.0 Å². The summed E-state index contributed by atoms with van der Waals surface area (Å²) in [6, 6.07) is 0. The number of hydrogen-bond donors (Lipinski definition) is 0. The maximum Gasteiger partial charge on any atom is 0.193 e. The molecule has 0 fully saturated rings. The Morgan fingerprint density at radius 3 is 2.33 bits per heavy atom. The van der Waals surface area contributed by atoms with Crippen molar-refractivity contribution in [2.75, 3.05) is 0 Å². The highest BCUT2D eigenvalue weighted by Crippen LogP contribution is 2.33. The van der Waals surface area contributed by atoms with Gasteiger partial charge < -0.3 is 0 Å². The van der Waals surface area contributed by atoms with Crippen LogP contribution in [0.25, 0.3) is 0 Å². The molecule has 0 N–H and O–H groups in total. The van der Waals surface area contributed by atoms with Crippen molar-refractivity contribution in [3.8, 4) is 0 Å². The van der Waals surface area contributed by atoms with E-state index in [0.29, 0.717) is 0 Å². The number of hydrogen-bond acceptors (Lipinski definition) is 0. The first-order chi connectivity index (χ1) is 7.15. The van der Waals surface area contributed by atoms with Crippen LogP contribution in [0.2, 0.25) is 0 Å². The van der Waals surface area contributed by atoms with E-state index >= 15 is 0 Å². The van der Waals surface area contributed by atoms with Crippen LogP contribution in [0.15, 0.2) is 58.5 Å². The lowest BCUT2D eigenvalue weighted by Crippen LogP contribution is -1.94. The molecule has 0 atom stereocenters. The average Bonchev–Trinajstić information content (AvgIpc) is 2.56. The quantitative estimate of drug-likeness (QED) is 0.593. The summed E-state index contributed by atoms with van der Waals surface area (Å²) in [4.78, 5) is 0. The van der Waals surface area contributed by atoms with Crippen molar-refractivity contribution >= 4 is 7.28 Å². The molecule has 1 heteroatoms. The van der Waals surface area contributed by atoms with Gasteiger partial charge in [-0.25, -0.2) is 0 Å². The van der Waals surface area contributed by atoms with Gasteiger partial charge in [-0.15, -0.1) is 0 Å². The van der Waals surface area contributed by atoms with Crippen molar-refractivity contribution in [2.24, 2.45) is 0 Å². The Kier molecular flexibility index (Phi) is 3.96. The van der Waals surface area contributed by atoms with Gasteiger partial charge in [-0.2, -0.15) is 0 Å². The fourth-order valence-electron chi connectivity index (χ4n) is 2.08. The molecule has 0 radical (unpaired) electrons. The maximum atomic E-state index is 3.91. The molecule has 0 saturated carbocycles. The molecule has 1 heterocycles. The summed E-state index contributed by atoms with van der Waals surface area (Å²) in [5, 5.41) is 0. The van der Waals surface area contributed by atoms with Gasteiger partial charge in [0.1, 0.15) is 0 Å². The van der Waals surface area contributed by atoms with Gasteiger partial charge in [0.15, 0.2) is 7.28 Å². The zero-order valence-electron chi connectivity index (χ0n) is 10.2. The molecule has 0 aromatic heterocycles. The van der Waals surface area contributed by atoms with E-state index in [0.717, 1.165) is 7.28 Å². The van der Waals surface area contributed by atoms with Crippen LogP contribution in [0.4, 0.5) is 0 Å². The predicted octanol–water partition coefficient (Wildman–Crippen LogP) is 3.69. The van der Waals surface area contributed by atoms with E-state index < -0.39 is 0 Å². The SMILES string of the molecule is C=CC1=C(/C=C\C)BC(=C(C)C)/C1=C\C. The van der Waals surface area contributed by atoms with Gasteiger partial charge in [-0.1, -0.05) is 47.4 Å². The summed E-state index contributed by atoms with van der Waals surface area (Å²) in [5.74, 6) is 0.